The van der Waals surface area contributed by atoms with Gasteiger partial charge in [-0.2, -0.15) is 0 Å². The van der Waals surface area contributed by atoms with E-state index < -0.39 is 5.82 Å². The van der Waals surface area contributed by atoms with Crippen molar-refractivity contribution in [1.82, 2.24) is 10.2 Å². The summed E-state index contributed by atoms with van der Waals surface area (Å²) in [6, 6.07) is 4.39. The van der Waals surface area contributed by atoms with E-state index in [9.17, 15) is 9.18 Å². The first kappa shape index (κ1) is 16.4. The van der Waals surface area contributed by atoms with Crippen LogP contribution in [0, 0.1) is 17.7 Å². The lowest BCUT2D eigenvalue weighted by Crippen LogP contribution is -2.42. The van der Waals surface area contributed by atoms with Gasteiger partial charge in [-0.05, 0) is 36.5 Å². The number of nitrogens with zero attached hydrogens (tertiary/aromatic N) is 1. The molecule has 5 heteroatoms. The molecule has 0 aromatic heterocycles. The minimum Gasteiger partial charge on any atom is -0.351 e. The van der Waals surface area contributed by atoms with E-state index in [2.05, 4.69) is 40.0 Å². The molecule has 1 aliphatic heterocycles. The first-order chi connectivity index (χ1) is 9.95. The fraction of sp³-hybridized carbons (Fsp3) is 0.562. The molecule has 1 fully saturated rings. The number of benzene rings is 1. The molecule has 1 amide bonds. The van der Waals surface area contributed by atoms with Crippen LogP contribution in [0.25, 0.3) is 0 Å². The van der Waals surface area contributed by atoms with Crippen molar-refractivity contribution in [3.8, 4) is 0 Å². The predicted octanol–water partition coefficient (Wildman–Crippen LogP) is 3.30. The van der Waals surface area contributed by atoms with Crippen molar-refractivity contribution >= 4 is 21.8 Å². The maximum atomic E-state index is 13.6. The van der Waals surface area contributed by atoms with Crippen LogP contribution in [0.4, 0.5) is 4.39 Å². The number of nitrogens with one attached hydrogen (secondary N) is 1. The van der Waals surface area contributed by atoms with E-state index >= 15 is 0 Å². The van der Waals surface area contributed by atoms with E-state index in [1.165, 1.54) is 18.6 Å². The molecule has 1 heterocycles. The van der Waals surface area contributed by atoms with E-state index in [0.717, 1.165) is 19.6 Å². The van der Waals surface area contributed by atoms with Gasteiger partial charge in [0.1, 0.15) is 5.82 Å². The van der Waals surface area contributed by atoms with Crippen molar-refractivity contribution < 1.29 is 9.18 Å². The van der Waals surface area contributed by atoms with Crippen molar-refractivity contribution in [2.45, 2.75) is 20.3 Å². The third-order valence-electron chi connectivity index (χ3n) is 3.83. The van der Waals surface area contributed by atoms with Crippen LogP contribution in [0.3, 0.4) is 0 Å². The highest BCUT2D eigenvalue weighted by Crippen LogP contribution is 2.20. The molecule has 1 aliphatic rings. The van der Waals surface area contributed by atoms with E-state index in [4.69, 9.17) is 0 Å². The van der Waals surface area contributed by atoms with Gasteiger partial charge in [-0.3, -0.25) is 4.79 Å². The van der Waals surface area contributed by atoms with Crippen LogP contribution in [0.15, 0.2) is 22.7 Å². The Hall–Kier alpha value is -0.940. The first-order valence-electron chi connectivity index (χ1n) is 7.41. The molecule has 0 aliphatic carbocycles. The molecule has 1 saturated heterocycles. The average Bonchev–Trinajstić information content (AvgIpc) is 2.40. The lowest BCUT2D eigenvalue weighted by Gasteiger charge is -2.34. The van der Waals surface area contributed by atoms with E-state index in [1.54, 1.807) is 6.07 Å². The van der Waals surface area contributed by atoms with Gasteiger partial charge in [0.15, 0.2) is 0 Å². The van der Waals surface area contributed by atoms with Gasteiger partial charge in [-0.15, -0.1) is 0 Å². The Kier molecular flexibility index (Phi) is 5.76. The monoisotopic (exact) mass is 356 g/mol. The van der Waals surface area contributed by atoms with Gasteiger partial charge in [-0.1, -0.05) is 29.8 Å². The molecule has 0 radical (unpaired) electrons. The van der Waals surface area contributed by atoms with Gasteiger partial charge < -0.3 is 10.2 Å². The van der Waals surface area contributed by atoms with E-state index in [1.807, 2.05) is 0 Å². The molecule has 0 unspecified atom stereocenters. The summed E-state index contributed by atoms with van der Waals surface area (Å²) < 4.78 is 14.3. The smallest absolute Gasteiger partial charge is 0.254 e. The van der Waals surface area contributed by atoms with Crippen molar-refractivity contribution in [3.05, 3.63) is 34.1 Å². The predicted molar refractivity (Wildman–Crippen MR) is 85.8 cm³/mol. The van der Waals surface area contributed by atoms with Crippen LogP contribution in [0.5, 0.6) is 0 Å². The second-order valence-electron chi connectivity index (χ2n) is 6.09. The maximum Gasteiger partial charge on any atom is 0.254 e. The fourth-order valence-corrected chi connectivity index (χ4v) is 3.43. The summed E-state index contributed by atoms with van der Waals surface area (Å²) in [5.74, 6) is 0.557. The van der Waals surface area contributed by atoms with Crippen molar-refractivity contribution in [3.63, 3.8) is 0 Å². The molecular weight excluding hydrogens is 335 g/mol. The second-order valence-corrected chi connectivity index (χ2v) is 7.00. The Morgan fingerprint density at radius 3 is 2.71 bits per heavy atom. The molecule has 0 spiro atoms. The topological polar surface area (TPSA) is 32.3 Å². The largest absolute Gasteiger partial charge is 0.351 e. The van der Waals surface area contributed by atoms with Gasteiger partial charge in [0, 0.05) is 30.7 Å². The van der Waals surface area contributed by atoms with Crippen LogP contribution in [0.1, 0.15) is 30.6 Å². The number of hydrogen-bond acceptors (Lipinski definition) is 2. The average molecular weight is 357 g/mol. The molecule has 21 heavy (non-hydrogen) atoms. The third-order valence-corrected chi connectivity index (χ3v) is 4.32. The van der Waals surface area contributed by atoms with Crippen LogP contribution in [-0.4, -0.2) is 37.0 Å². The SMILES string of the molecule is C[C@@H]1C[C@H](C)CN(CCNC(=O)c2cc(Br)ccc2F)C1. The van der Waals surface area contributed by atoms with Gasteiger partial charge in [0.2, 0.25) is 0 Å². The Morgan fingerprint density at radius 1 is 1.38 bits per heavy atom. The Bertz CT molecular complexity index is 499. The lowest BCUT2D eigenvalue weighted by atomic mass is 9.92. The number of carbonyl (C=O) groups is 1. The summed E-state index contributed by atoms with van der Waals surface area (Å²) in [6.07, 6.45) is 1.27. The summed E-state index contributed by atoms with van der Waals surface area (Å²) in [7, 11) is 0. The summed E-state index contributed by atoms with van der Waals surface area (Å²) >= 11 is 3.25. The number of halogens is 2. The molecule has 0 saturated carbocycles. The van der Waals surface area contributed by atoms with E-state index in [-0.39, 0.29) is 11.5 Å². The Balaban J connectivity index is 1.83. The van der Waals surface area contributed by atoms with Crippen LogP contribution in [-0.2, 0) is 0 Å². The number of likely N-dealkylation sites (tertiary alicyclic amines) is 1. The highest BCUT2D eigenvalue weighted by molar-refractivity contribution is 9.10. The minimum absolute atomic E-state index is 0.0877. The zero-order valence-electron chi connectivity index (χ0n) is 12.5. The molecule has 1 aromatic carbocycles. The number of piperidine rings is 1. The Labute approximate surface area is 134 Å². The number of amides is 1. The van der Waals surface area contributed by atoms with Crippen molar-refractivity contribution in [2.24, 2.45) is 11.8 Å². The zero-order valence-corrected chi connectivity index (χ0v) is 14.1. The second kappa shape index (κ2) is 7.36. The highest BCUT2D eigenvalue weighted by atomic mass is 79.9. The lowest BCUT2D eigenvalue weighted by molar-refractivity contribution is 0.0932. The summed E-state index contributed by atoms with van der Waals surface area (Å²) in [5.41, 5.74) is 0.0877. The summed E-state index contributed by atoms with van der Waals surface area (Å²) in [6.45, 7) is 8.04. The van der Waals surface area contributed by atoms with Gasteiger partial charge in [0.25, 0.3) is 5.91 Å². The van der Waals surface area contributed by atoms with Crippen molar-refractivity contribution in [2.75, 3.05) is 26.2 Å². The molecule has 3 nitrogen and oxygen atoms in total. The van der Waals surface area contributed by atoms with Crippen LogP contribution < -0.4 is 5.32 Å². The molecule has 2 rings (SSSR count). The van der Waals surface area contributed by atoms with Gasteiger partial charge in [0.05, 0.1) is 5.56 Å². The molecule has 1 N–H and O–H groups in total. The molecule has 1 aromatic rings. The Morgan fingerprint density at radius 2 is 2.05 bits per heavy atom. The van der Waals surface area contributed by atoms with E-state index in [0.29, 0.717) is 22.9 Å². The highest BCUT2D eigenvalue weighted by Gasteiger charge is 2.21. The summed E-state index contributed by atoms with van der Waals surface area (Å²) in [5, 5.41) is 2.80. The minimum atomic E-state index is -0.490. The summed E-state index contributed by atoms with van der Waals surface area (Å²) in [4.78, 5) is 14.4. The van der Waals surface area contributed by atoms with Crippen LogP contribution in [0.2, 0.25) is 0 Å². The normalized spacial score (nSPS) is 23.0. The number of rotatable bonds is 4. The number of carbonyl (C=O) groups excluding carboxylic acids is 1. The molecule has 2 atom stereocenters. The molecule has 0 bridgehead atoms. The molecule has 116 valence electrons. The first-order valence-corrected chi connectivity index (χ1v) is 8.20. The number of hydrogen-bond donors (Lipinski definition) is 1. The van der Waals surface area contributed by atoms with Crippen molar-refractivity contribution in [1.29, 1.82) is 0 Å². The zero-order chi connectivity index (χ0) is 15.4. The standard InChI is InChI=1S/C16H22BrFN2O/c1-11-7-12(2)10-20(9-11)6-5-19-16(21)14-8-13(17)3-4-15(14)18/h3-4,8,11-12H,5-7,9-10H2,1-2H3,(H,19,21)/t11-,12+. The molecular formula is C16H22BrFN2O. The van der Waals surface area contributed by atoms with Gasteiger partial charge >= 0.3 is 0 Å². The third kappa shape index (κ3) is 4.78. The maximum absolute atomic E-state index is 13.6. The fourth-order valence-electron chi connectivity index (χ4n) is 3.07. The van der Waals surface area contributed by atoms with Gasteiger partial charge in [-0.25, -0.2) is 4.39 Å². The quantitative estimate of drug-likeness (QED) is 0.897. The van der Waals surface area contributed by atoms with Crippen LogP contribution >= 0.6 is 15.9 Å².